The normalized spacial score (nSPS) is 10.4. The Balaban J connectivity index is 2.33. The highest BCUT2D eigenvalue weighted by Crippen LogP contribution is 2.36. The Bertz CT molecular complexity index is 941. The molecule has 0 aliphatic carbocycles. The van der Waals surface area contributed by atoms with Gasteiger partial charge in [0.1, 0.15) is 0 Å². The molecule has 0 unspecified atom stereocenters. The molecule has 0 bridgehead atoms. The van der Waals surface area contributed by atoms with Crippen LogP contribution in [-0.2, 0) is 9.47 Å². The Morgan fingerprint density at radius 3 is 1.25 bits per heavy atom. The van der Waals surface area contributed by atoms with E-state index >= 15 is 0 Å². The van der Waals surface area contributed by atoms with E-state index in [1.165, 1.54) is 14.2 Å². The van der Waals surface area contributed by atoms with Gasteiger partial charge < -0.3 is 9.47 Å². The number of methoxy groups -OCH3 is 2. The maximum absolute atomic E-state index is 12.3. The Morgan fingerprint density at radius 2 is 0.964 bits per heavy atom. The highest BCUT2D eigenvalue weighted by molar-refractivity contribution is 9.10. The maximum Gasteiger partial charge on any atom is 0.338 e. The van der Waals surface area contributed by atoms with Crippen LogP contribution in [0.15, 0.2) is 69.6 Å². The highest BCUT2D eigenvalue weighted by Gasteiger charge is 2.22. The Labute approximate surface area is 179 Å². The van der Waals surface area contributed by atoms with Gasteiger partial charge in [0.2, 0.25) is 0 Å². The summed E-state index contributed by atoms with van der Waals surface area (Å²) >= 11 is 6.88. The number of esters is 2. The molecule has 0 heterocycles. The first kappa shape index (κ1) is 20.3. The number of ether oxygens (including phenoxy) is 2. The Hall–Kier alpha value is -2.44. The van der Waals surface area contributed by atoms with Gasteiger partial charge in [0.15, 0.2) is 0 Å². The van der Waals surface area contributed by atoms with Gasteiger partial charge in [-0.25, -0.2) is 9.59 Å². The van der Waals surface area contributed by atoms with Crippen LogP contribution in [0.5, 0.6) is 0 Å². The first-order chi connectivity index (χ1) is 13.4. The van der Waals surface area contributed by atoms with Crippen molar-refractivity contribution in [2.75, 3.05) is 14.2 Å². The predicted octanol–water partition coefficient (Wildman–Crippen LogP) is 6.12. The first-order valence-corrected chi connectivity index (χ1v) is 9.89. The van der Waals surface area contributed by atoms with E-state index in [1.54, 1.807) is 12.1 Å². The highest BCUT2D eigenvalue weighted by atomic mass is 79.9. The molecule has 4 nitrogen and oxygen atoms in total. The standard InChI is InChI=1S/C22H16Br2O4/c1-27-21(25)19-11-17(13-3-7-15(23)8-4-13)18(12-20(19)22(26)28-2)14-5-9-16(24)10-6-14/h3-12H,1-2H3. The average Bonchev–Trinajstić information content (AvgIpc) is 2.73. The molecule has 3 rings (SSSR count). The zero-order chi connectivity index (χ0) is 20.3. The molecule has 0 aromatic heterocycles. The second-order valence-corrected chi connectivity index (χ2v) is 7.77. The number of hydrogen-bond donors (Lipinski definition) is 0. The molecule has 3 aromatic carbocycles. The molecule has 0 N–H and O–H groups in total. The van der Waals surface area contributed by atoms with Gasteiger partial charge in [-0.3, -0.25) is 0 Å². The van der Waals surface area contributed by atoms with E-state index in [1.807, 2.05) is 48.5 Å². The van der Waals surface area contributed by atoms with E-state index in [2.05, 4.69) is 31.9 Å². The van der Waals surface area contributed by atoms with Crippen molar-refractivity contribution < 1.29 is 19.1 Å². The van der Waals surface area contributed by atoms with E-state index in [0.717, 1.165) is 31.2 Å². The molecule has 0 amide bonds. The molecule has 0 saturated carbocycles. The van der Waals surface area contributed by atoms with Crippen molar-refractivity contribution in [1.82, 2.24) is 0 Å². The fourth-order valence-electron chi connectivity index (χ4n) is 2.89. The van der Waals surface area contributed by atoms with Crippen molar-refractivity contribution in [1.29, 1.82) is 0 Å². The van der Waals surface area contributed by atoms with E-state index in [0.29, 0.717) is 0 Å². The molecular formula is C22H16Br2O4. The summed E-state index contributed by atoms with van der Waals surface area (Å²) in [4.78, 5) is 24.7. The van der Waals surface area contributed by atoms with Crippen LogP contribution in [0.2, 0.25) is 0 Å². The monoisotopic (exact) mass is 502 g/mol. The number of carbonyl (C=O) groups excluding carboxylic acids is 2. The van der Waals surface area contributed by atoms with E-state index in [4.69, 9.17) is 9.47 Å². The molecule has 0 aliphatic heterocycles. The quantitative estimate of drug-likeness (QED) is 0.402. The number of benzene rings is 3. The number of carbonyl (C=O) groups is 2. The Morgan fingerprint density at radius 1 is 0.643 bits per heavy atom. The molecule has 3 aromatic rings. The summed E-state index contributed by atoms with van der Waals surface area (Å²) < 4.78 is 11.7. The topological polar surface area (TPSA) is 52.6 Å². The van der Waals surface area contributed by atoms with Crippen molar-refractivity contribution in [2.24, 2.45) is 0 Å². The number of rotatable bonds is 4. The lowest BCUT2D eigenvalue weighted by Crippen LogP contribution is -2.12. The summed E-state index contributed by atoms with van der Waals surface area (Å²) in [7, 11) is 2.57. The molecule has 0 saturated heterocycles. The molecule has 142 valence electrons. The van der Waals surface area contributed by atoms with Gasteiger partial charge in [-0.15, -0.1) is 0 Å². The van der Waals surface area contributed by atoms with Crippen LogP contribution in [0.3, 0.4) is 0 Å². The average molecular weight is 504 g/mol. The third-order valence-electron chi connectivity index (χ3n) is 4.28. The molecule has 0 radical (unpaired) electrons. The van der Waals surface area contributed by atoms with Crippen molar-refractivity contribution in [3.8, 4) is 22.3 Å². The van der Waals surface area contributed by atoms with Gasteiger partial charge in [0.25, 0.3) is 0 Å². The van der Waals surface area contributed by atoms with Crippen LogP contribution in [0.4, 0.5) is 0 Å². The smallest absolute Gasteiger partial charge is 0.338 e. The van der Waals surface area contributed by atoms with E-state index in [-0.39, 0.29) is 11.1 Å². The van der Waals surface area contributed by atoms with Gasteiger partial charge in [0, 0.05) is 8.95 Å². The molecular weight excluding hydrogens is 488 g/mol. The minimum absolute atomic E-state index is 0.160. The number of hydrogen-bond acceptors (Lipinski definition) is 4. The lowest BCUT2D eigenvalue weighted by molar-refractivity contribution is 0.0555. The van der Waals surface area contributed by atoms with Crippen LogP contribution < -0.4 is 0 Å². The Kier molecular flexibility index (Phi) is 6.31. The lowest BCUT2D eigenvalue weighted by Gasteiger charge is -2.15. The van der Waals surface area contributed by atoms with E-state index in [9.17, 15) is 9.59 Å². The summed E-state index contributed by atoms with van der Waals surface area (Å²) in [6.07, 6.45) is 0. The molecule has 0 spiro atoms. The zero-order valence-corrected chi connectivity index (χ0v) is 18.3. The van der Waals surface area contributed by atoms with Crippen LogP contribution in [0.25, 0.3) is 22.3 Å². The predicted molar refractivity (Wildman–Crippen MR) is 115 cm³/mol. The maximum atomic E-state index is 12.3. The summed E-state index contributed by atoms with van der Waals surface area (Å²) in [5, 5.41) is 0. The largest absolute Gasteiger partial charge is 0.465 e. The van der Waals surface area contributed by atoms with Gasteiger partial charge in [-0.05, 0) is 58.7 Å². The summed E-state index contributed by atoms with van der Waals surface area (Å²) in [6, 6.07) is 18.8. The minimum Gasteiger partial charge on any atom is -0.465 e. The number of halogens is 2. The third-order valence-corrected chi connectivity index (χ3v) is 5.34. The first-order valence-electron chi connectivity index (χ1n) is 8.31. The summed E-state index contributed by atoms with van der Waals surface area (Å²) in [5.74, 6) is -1.19. The molecule has 0 fully saturated rings. The van der Waals surface area contributed by atoms with Crippen LogP contribution in [0.1, 0.15) is 20.7 Å². The second kappa shape index (κ2) is 8.71. The summed E-state index contributed by atoms with van der Waals surface area (Å²) in [6.45, 7) is 0. The van der Waals surface area contributed by atoms with E-state index < -0.39 is 11.9 Å². The fraction of sp³-hybridized carbons (Fsp3) is 0.0909. The van der Waals surface area contributed by atoms with Gasteiger partial charge in [-0.2, -0.15) is 0 Å². The van der Waals surface area contributed by atoms with Crippen molar-refractivity contribution in [3.05, 3.63) is 80.7 Å². The van der Waals surface area contributed by atoms with Crippen molar-refractivity contribution in [3.63, 3.8) is 0 Å². The molecule has 6 heteroatoms. The molecule has 0 aliphatic rings. The fourth-order valence-corrected chi connectivity index (χ4v) is 3.42. The second-order valence-electron chi connectivity index (χ2n) is 5.94. The lowest BCUT2D eigenvalue weighted by atomic mass is 9.90. The van der Waals surface area contributed by atoms with Gasteiger partial charge in [0.05, 0.1) is 25.3 Å². The van der Waals surface area contributed by atoms with Crippen molar-refractivity contribution >= 4 is 43.8 Å². The van der Waals surface area contributed by atoms with Crippen LogP contribution in [0, 0.1) is 0 Å². The van der Waals surface area contributed by atoms with Crippen molar-refractivity contribution in [2.45, 2.75) is 0 Å². The van der Waals surface area contributed by atoms with Gasteiger partial charge >= 0.3 is 11.9 Å². The minimum atomic E-state index is -0.596. The third kappa shape index (κ3) is 4.18. The molecule has 0 atom stereocenters. The van der Waals surface area contributed by atoms with Crippen LogP contribution in [-0.4, -0.2) is 26.2 Å². The van der Waals surface area contributed by atoms with Gasteiger partial charge in [-0.1, -0.05) is 56.1 Å². The summed E-state index contributed by atoms with van der Waals surface area (Å²) in [5.41, 5.74) is 3.75. The molecule has 28 heavy (non-hydrogen) atoms. The SMILES string of the molecule is COC(=O)c1cc(-c2ccc(Br)cc2)c(-c2ccc(Br)cc2)cc1C(=O)OC. The zero-order valence-electron chi connectivity index (χ0n) is 15.2. The van der Waals surface area contributed by atoms with Crippen LogP contribution >= 0.6 is 31.9 Å².